The summed E-state index contributed by atoms with van der Waals surface area (Å²) in [7, 11) is 0. The van der Waals surface area contributed by atoms with Crippen LogP contribution in [0.3, 0.4) is 0 Å². The zero-order valence-electron chi connectivity index (χ0n) is 22.9. The second-order valence-corrected chi connectivity index (χ2v) is 10.9. The van der Waals surface area contributed by atoms with Crippen LogP contribution in [0, 0.1) is 11.8 Å². The number of hydrogen-bond acceptors (Lipinski definition) is 1. The smallest absolute Gasteiger partial charge is 0.0727 e. The van der Waals surface area contributed by atoms with Gasteiger partial charge in [0, 0.05) is 39.9 Å². The highest BCUT2D eigenvalue weighted by molar-refractivity contribution is 6.18. The van der Waals surface area contributed by atoms with Crippen molar-refractivity contribution in [3.05, 3.63) is 145 Å². The molecule has 3 aliphatic rings. The van der Waals surface area contributed by atoms with Gasteiger partial charge in [-0.2, -0.15) is 0 Å². The fraction of sp³-hybridized carbons (Fsp3) is 0.132. The van der Waals surface area contributed by atoms with E-state index in [1.807, 2.05) is 6.21 Å². The maximum Gasteiger partial charge on any atom is 0.0727 e. The highest BCUT2D eigenvalue weighted by Gasteiger charge is 2.18. The van der Waals surface area contributed by atoms with Gasteiger partial charge in [-0.3, -0.25) is 4.99 Å². The van der Waals surface area contributed by atoms with E-state index in [-0.39, 0.29) is 6.04 Å². The van der Waals surface area contributed by atoms with E-state index in [1.54, 1.807) is 0 Å². The molecule has 194 valence electrons. The zero-order chi connectivity index (χ0) is 27.1. The third kappa shape index (κ3) is 4.26. The number of para-hydroxylation sites is 2. The summed E-state index contributed by atoms with van der Waals surface area (Å²) in [6.45, 7) is 4.30. The van der Waals surface area contributed by atoms with Crippen LogP contribution < -0.4 is 0 Å². The van der Waals surface area contributed by atoms with Gasteiger partial charge in [0.25, 0.3) is 0 Å². The molecular weight excluding hydrogens is 484 g/mol. The lowest BCUT2D eigenvalue weighted by atomic mass is 9.83. The summed E-state index contributed by atoms with van der Waals surface area (Å²) in [6.07, 6.45) is 19.6. The zero-order valence-corrected chi connectivity index (χ0v) is 22.9. The third-order valence-electron chi connectivity index (χ3n) is 8.27. The second-order valence-electron chi connectivity index (χ2n) is 10.9. The number of benzene rings is 4. The van der Waals surface area contributed by atoms with Crippen molar-refractivity contribution < 1.29 is 0 Å². The van der Waals surface area contributed by atoms with Crippen molar-refractivity contribution in [2.24, 2.45) is 16.8 Å². The number of allylic oxidation sites excluding steroid dienone is 9. The Morgan fingerprint density at radius 1 is 0.725 bits per heavy atom. The predicted octanol–water partition coefficient (Wildman–Crippen LogP) is 9.65. The molecule has 3 atom stereocenters. The molecule has 0 N–H and O–H groups in total. The van der Waals surface area contributed by atoms with E-state index in [9.17, 15) is 0 Å². The summed E-state index contributed by atoms with van der Waals surface area (Å²) < 4.78 is 2.40. The quantitative estimate of drug-likeness (QED) is 0.222. The first kappa shape index (κ1) is 24.4. The summed E-state index contributed by atoms with van der Waals surface area (Å²) in [5, 5.41) is 5.12. The Labute approximate surface area is 235 Å². The summed E-state index contributed by atoms with van der Waals surface area (Å²) in [6, 6.07) is 30.9. The SMILES string of the molecule is CC1=CC2C=CC=CC2C=C1.CC1N=CC=C1c1ccc2c(ccc3c4ccccc4n(-c4ccccc4)c23)c1. The lowest BCUT2D eigenvalue weighted by Crippen LogP contribution is -2.10. The van der Waals surface area contributed by atoms with E-state index in [0.29, 0.717) is 11.8 Å². The average Bonchev–Trinajstić information content (AvgIpc) is 3.58. The van der Waals surface area contributed by atoms with Crippen molar-refractivity contribution in [2.45, 2.75) is 19.9 Å². The van der Waals surface area contributed by atoms with Gasteiger partial charge in [-0.05, 0) is 60.7 Å². The van der Waals surface area contributed by atoms with E-state index >= 15 is 0 Å². The number of fused-ring (bicyclic) bond motifs is 6. The minimum Gasteiger partial charge on any atom is -0.309 e. The minimum absolute atomic E-state index is 0.229. The molecule has 0 saturated carbocycles. The largest absolute Gasteiger partial charge is 0.309 e. The van der Waals surface area contributed by atoms with Crippen LogP contribution >= 0.6 is 0 Å². The summed E-state index contributed by atoms with van der Waals surface area (Å²) in [5.41, 5.74) is 7.62. The molecular formula is C38H32N2. The molecule has 2 heterocycles. The molecule has 1 aromatic heterocycles. The van der Waals surface area contributed by atoms with Gasteiger partial charge >= 0.3 is 0 Å². The van der Waals surface area contributed by atoms with Crippen LogP contribution in [0.4, 0.5) is 0 Å². The monoisotopic (exact) mass is 516 g/mol. The van der Waals surface area contributed by atoms with Gasteiger partial charge < -0.3 is 4.57 Å². The lowest BCUT2D eigenvalue weighted by molar-refractivity contribution is 0.655. The van der Waals surface area contributed by atoms with E-state index in [4.69, 9.17) is 0 Å². The van der Waals surface area contributed by atoms with Crippen molar-refractivity contribution >= 4 is 44.4 Å². The number of aromatic nitrogens is 1. The van der Waals surface area contributed by atoms with Crippen LogP contribution in [0.5, 0.6) is 0 Å². The number of hydrogen-bond donors (Lipinski definition) is 0. The Morgan fingerprint density at radius 3 is 2.33 bits per heavy atom. The molecule has 0 bridgehead atoms. The second kappa shape index (κ2) is 10.1. The van der Waals surface area contributed by atoms with Crippen LogP contribution in [0.1, 0.15) is 19.4 Å². The molecule has 2 aliphatic carbocycles. The van der Waals surface area contributed by atoms with Gasteiger partial charge in [-0.15, -0.1) is 0 Å². The van der Waals surface area contributed by atoms with Crippen LogP contribution in [0.15, 0.2) is 144 Å². The first-order valence-electron chi connectivity index (χ1n) is 14.1. The molecule has 0 amide bonds. The number of rotatable bonds is 2. The van der Waals surface area contributed by atoms with Gasteiger partial charge in [-0.25, -0.2) is 0 Å². The summed E-state index contributed by atoms with van der Waals surface area (Å²) in [5.74, 6) is 1.23. The Kier molecular flexibility index (Phi) is 6.17. The molecule has 40 heavy (non-hydrogen) atoms. The van der Waals surface area contributed by atoms with Crippen LogP contribution in [0.2, 0.25) is 0 Å². The minimum atomic E-state index is 0.229. The molecule has 1 aliphatic heterocycles. The van der Waals surface area contributed by atoms with Crippen molar-refractivity contribution in [1.82, 2.24) is 4.57 Å². The van der Waals surface area contributed by atoms with Gasteiger partial charge in [-0.1, -0.05) is 109 Å². The molecule has 0 fully saturated rings. The molecule has 3 unspecified atom stereocenters. The Hall–Kier alpha value is -4.69. The third-order valence-corrected chi connectivity index (χ3v) is 8.27. The molecule has 4 aromatic carbocycles. The predicted molar refractivity (Wildman–Crippen MR) is 172 cm³/mol. The molecule has 2 heteroatoms. The van der Waals surface area contributed by atoms with E-state index in [0.717, 1.165) is 0 Å². The van der Waals surface area contributed by atoms with Crippen molar-refractivity contribution in [3.63, 3.8) is 0 Å². The molecule has 0 radical (unpaired) electrons. The van der Waals surface area contributed by atoms with Gasteiger partial charge in [0.15, 0.2) is 0 Å². The standard InChI is InChI=1S/C27H20N2.C11H12/c1-18-22(15-16-28-18)19-11-13-23-20(17-19)12-14-25-24-9-5-6-10-26(24)29(27(23)25)21-7-3-2-4-8-21;1-9-6-7-10-4-2-3-5-11(10)8-9/h2-18H,1H3;2-8,10-11H,1H3. The van der Waals surface area contributed by atoms with Crippen molar-refractivity contribution in [3.8, 4) is 5.69 Å². The molecule has 2 nitrogen and oxygen atoms in total. The van der Waals surface area contributed by atoms with Crippen molar-refractivity contribution in [1.29, 1.82) is 0 Å². The van der Waals surface area contributed by atoms with Crippen LogP contribution in [-0.4, -0.2) is 16.8 Å². The van der Waals surface area contributed by atoms with Crippen LogP contribution in [0.25, 0.3) is 43.8 Å². The number of nitrogens with zero attached hydrogens (tertiary/aromatic N) is 2. The normalized spacial score (nSPS) is 20.9. The molecule has 5 aromatic rings. The maximum atomic E-state index is 4.48. The Morgan fingerprint density at radius 2 is 1.50 bits per heavy atom. The highest BCUT2D eigenvalue weighted by atomic mass is 15.0. The van der Waals surface area contributed by atoms with E-state index < -0.39 is 0 Å². The molecule has 0 spiro atoms. The fourth-order valence-electron chi connectivity index (χ4n) is 6.25. The maximum absolute atomic E-state index is 4.48. The summed E-state index contributed by atoms with van der Waals surface area (Å²) in [4.78, 5) is 4.48. The van der Waals surface area contributed by atoms with Crippen molar-refractivity contribution in [2.75, 3.05) is 0 Å². The topological polar surface area (TPSA) is 17.3 Å². The van der Waals surface area contributed by atoms with Gasteiger partial charge in [0.2, 0.25) is 0 Å². The lowest BCUT2D eigenvalue weighted by Gasteiger charge is -2.21. The Balaban J connectivity index is 0.000000202. The average molecular weight is 517 g/mol. The van der Waals surface area contributed by atoms with E-state index in [2.05, 4.69) is 157 Å². The molecule has 8 rings (SSSR count). The fourth-order valence-corrected chi connectivity index (χ4v) is 6.25. The number of aliphatic imine (C=N–C) groups is 1. The Bertz CT molecular complexity index is 1920. The first-order valence-corrected chi connectivity index (χ1v) is 14.1. The summed E-state index contributed by atoms with van der Waals surface area (Å²) >= 11 is 0. The van der Waals surface area contributed by atoms with Crippen LogP contribution in [-0.2, 0) is 0 Å². The van der Waals surface area contributed by atoms with E-state index in [1.165, 1.54) is 55.0 Å². The first-order chi connectivity index (χ1) is 19.7. The van der Waals surface area contributed by atoms with Gasteiger partial charge in [0.1, 0.15) is 0 Å². The van der Waals surface area contributed by atoms with Gasteiger partial charge in [0.05, 0.1) is 17.1 Å². The highest BCUT2D eigenvalue weighted by Crippen LogP contribution is 2.37. The molecule has 0 saturated heterocycles.